The molecule has 1 amide bonds. The lowest BCUT2D eigenvalue weighted by atomic mass is 9.90. The zero-order valence-corrected chi connectivity index (χ0v) is 13.9. The van der Waals surface area contributed by atoms with E-state index in [9.17, 15) is 4.79 Å². The van der Waals surface area contributed by atoms with Crippen molar-refractivity contribution in [1.82, 2.24) is 0 Å². The number of anilines is 1. The second-order valence-electron chi connectivity index (χ2n) is 5.97. The second kappa shape index (κ2) is 5.95. The zero-order valence-electron chi connectivity index (χ0n) is 13.9. The Balaban J connectivity index is 2.00. The standard InChI is InChI=1S/C19H21NO3/c1-11-7-12(2)18-15(8-11)16(19(21)20-18)10-13-9-14(22-3)5-6-17(13)23-4/h5-9,16H,10H2,1-4H3,(H,20,21). The number of carbonyl (C=O) groups is 1. The highest BCUT2D eigenvalue weighted by Crippen LogP contribution is 2.39. The van der Waals surface area contributed by atoms with Crippen LogP contribution in [0.3, 0.4) is 0 Å². The summed E-state index contributed by atoms with van der Waals surface area (Å²) in [4.78, 5) is 12.5. The van der Waals surface area contributed by atoms with E-state index in [2.05, 4.69) is 24.4 Å². The van der Waals surface area contributed by atoms with Crippen molar-refractivity contribution in [1.29, 1.82) is 0 Å². The van der Waals surface area contributed by atoms with E-state index in [1.165, 1.54) is 5.56 Å². The lowest BCUT2D eigenvalue weighted by Crippen LogP contribution is -2.14. The number of carbonyl (C=O) groups excluding carboxylic acids is 1. The smallest absolute Gasteiger partial charge is 0.232 e. The van der Waals surface area contributed by atoms with Gasteiger partial charge in [0.25, 0.3) is 0 Å². The van der Waals surface area contributed by atoms with E-state index in [0.717, 1.165) is 33.9 Å². The fraction of sp³-hybridized carbons (Fsp3) is 0.316. The van der Waals surface area contributed by atoms with Crippen LogP contribution >= 0.6 is 0 Å². The zero-order chi connectivity index (χ0) is 16.6. The van der Waals surface area contributed by atoms with Gasteiger partial charge in [0.1, 0.15) is 11.5 Å². The number of ether oxygens (including phenoxy) is 2. The molecule has 0 saturated carbocycles. The Kier molecular flexibility index (Phi) is 3.99. The van der Waals surface area contributed by atoms with Crippen molar-refractivity contribution in [3.05, 3.63) is 52.6 Å². The normalized spacial score (nSPS) is 16.0. The predicted octanol–water partition coefficient (Wildman–Crippen LogP) is 3.60. The Morgan fingerprint density at radius 3 is 2.57 bits per heavy atom. The molecule has 4 nitrogen and oxygen atoms in total. The highest BCUT2D eigenvalue weighted by atomic mass is 16.5. The Morgan fingerprint density at radius 2 is 1.87 bits per heavy atom. The molecule has 0 saturated heterocycles. The highest BCUT2D eigenvalue weighted by Gasteiger charge is 2.32. The van der Waals surface area contributed by atoms with E-state index in [1.54, 1.807) is 14.2 Å². The summed E-state index contributed by atoms with van der Waals surface area (Å²) >= 11 is 0. The van der Waals surface area contributed by atoms with E-state index in [1.807, 2.05) is 25.1 Å². The molecule has 2 aromatic carbocycles. The van der Waals surface area contributed by atoms with E-state index < -0.39 is 0 Å². The first kappa shape index (κ1) is 15.4. The van der Waals surface area contributed by atoms with E-state index in [0.29, 0.717) is 6.42 Å². The van der Waals surface area contributed by atoms with Crippen LogP contribution in [0.4, 0.5) is 5.69 Å². The topological polar surface area (TPSA) is 47.6 Å². The number of hydrogen-bond donors (Lipinski definition) is 1. The van der Waals surface area contributed by atoms with Crippen LogP contribution < -0.4 is 14.8 Å². The summed E-state index contributed by atoms with van der Waals surface area (Å²) in [7, 11) is 3.28. The maximum Gasteiger partial charge on any atom is 0.232 e. The molecule has 4 heteroatoms. The number of fused-ring (bicyclic) bond motifs is 1. The van der Waals surface area contributed by atoms with Crippen molar-refractivity contribution in [3.8, 4) is 11.5 Å². The molecule has 3 rings (SSSR count). The van der Waals surface area contributed by atoms with Gasteiger partial charge in [0.2, 0.25) is 5.91 Å². The van der Waals surface area contributed by atoms with Crippen LogP contribution in [0.15, 0.2) is 30.3 Å². The van der Waals surface area contributed by atoms with Crippen LogP contribution in [0.5, 0.6) is 11.5 Å². The molecule has 0 aromatic heterocycles. The summed E-state index contributed by atoms with van der Waals surface area (Å²) in [6, 6.07) is 9.86. The van der Waals surface area contributed by atoms with Crippen LogP contribution in [-0.4, -0.2) is 20.1 Å². The maximum atomic E-state index is 12.5. The molecule has 23 heavy (non-hydrogen) atoms. The van der Waals surface area contributed by atoms with Gasteiger partial charge in [0, 0.05) is 5.69 Å². The number of rotatable bonds is 4. The van der Waals surface area contributed by atoms with Gasteiger partial charge in [-0.3, -0.25) is 4.79 Å². The van der Waals surface area contributed by atoms with E-state index in [-0.39, 0.29) is 11.8 Å². The van der Waals surface area contributed by atoms with Crippen molar-refractivity contribution >= 4 is 11.6 Å². The summed E-state index contributed by atoms with van der Waals surface area (Å²) in [5, 5.41) is 3.02. The van der Waals surface area contributed by atoms with Crippen molar-refractivity contribution in [2.75, 3.05) is 19.5 Å². The van der Waals surface area contributed by atoms with Crippen molar-refractivity contribution < 1.29 is 14.3 Å². The summed E-state index contributed by atoms with van der Waals surface area (Å²) in [5.74, 6) is 1.37. The molecule has 1 aliphatic heterocycles. The third kappa shape index (κ3) is 2.77. The van der Waals surface area contributed by atoms with Crippen LogP contribution in [0, 0.1) is 13.8 Å². The lowest BCUT2D eigenvalue weighted by Gasteiger charge is -2.14. The first-order chi connectivity index (χ1) is 11.0. The Hall–Kier alpha value is -2.49. The van der Waals surface area contributed by atoms with Crippen molar-refractivity contribution in [2.24, 2.45) is 0 Å². The molecule has 0 aliphatic carbocycles. The summed E-state index contributed by atoms with van der Waals surface area (Å²) < 4.78 is 10.7. The first-order valence-corrected chi connectivity index (χ1v) is 7.66. The summed E-state index contributed by atoms with van der Waals surface area (Å²) in [6.45, 7) is 4.08. The SMILES string of the molecule is COc1ccc(OC)c(CC2C(=O)Nc3c(C)cc(C)cc32)c1. The van der Waals surface area contributed by atoms with Crippen LogP contribution in [0.2, 0.25) is 0 Å². The number of benzene rings is 2. The molecule has 0 spiro atoms. The summed E-state index contributed by atoms with van der Waals surface area (Å²) in [5.41, 5.74) is 5.26. The second-order valence-corrected chi connectivity index (χ2v) is 5.97. The van der Waals surface area contributed by atoms with E-state index in [4.69, 9.17) is 9.47 Å². The molecule has 1 N–H and O–H groups in total. The Bertz CT molecular complexity index is 767. The molecule has 1 atom stereocenters. The average molecular weight is 311 g/mol. The van der Waals surface area contributed by atoms with Gasteiger partial charge in [0.05, 0.1) is 20.1 Å². The third-order valence-electron chi connectivity index (χ3n) is 4.36. The predicted molar refractivity (Wildman–Crippen MR) is 90.5 cm³/mol. The maximum absolute atomic E-state index is 12.5. The average Bonchev–Trinajstić information content (AvgIpc) is 2.84. The number of methoxy groups -OCH3 is 2. The third-order valence-corrected chi connectivity index (χ3v) is 4.36. The molecule has 0 radical (unpaired) electrons. The van der Waals surface area contributed by atoms with Gasteiger partial charge in [-0.1, -0.05) is 17.7 Å². The van der Waals surface area contributed by atoms with Gasteiger partial charge in [-0.05, 0) is 55.2 Å². The van der Waals surface area contributed by atoms with Gasteiger partial charge >= 0.3 is 0 Å². The number of nitrogens with one attached hydrogen (secondary N) is 1. The molecule has 120 valence electrons. The van der Waals surface area contributed by atoms with Crippen LogP contribution in [0.25, 0.3) is 0 Å². The molecular formula is C19H21NO3. The molecule has 1 unspecified atom stereocenters. The minimum absolute atomic E-state index is 0.0403. The van der Waals surface area contributed by atoms with Crippen LogP contribution in [-0.2, 0) is 11.2 Å². The molecule has 0 fully saturated rings. The fourth-order valence-electron chi connectivity index (χ4n) is 3.26. The van der Waals surface area contributed by atoms with Gasteiger partial charge in [0.15, 0.2) is 0 Å². The monoisotopic (exact) mass is 311 g/mol. The first-order valence-electron chi connectivity index (χ1n) is 7.66. The van der Waals surface area contributed by atoms with Crippen LogP contribution in [0.1, 0.15) is 28.2 Å². The lowest BCUT2D eigenvalue weighted by molar-refractivity contribution is -0.117. The quantitative estimate of drug-likeness (QED) is 0.938. The Morgan fingerprint density at radius 1 is 1.09 bits per heavy atom. The highest BCUT2D eigenvalue weighted by molar-refractivity contribution is 6.04. The van der Waals surface area contributed by atoms with Crippen molar-refractivity contribution in [3.63, 3.8) is 0 Å². The molecule has 0 bridgehead atoms. The molecule has 1 heterocycles. The number of hydrogen-bond acceptors (Lipinski definition) is 3. The fourth-order valence-corrected chi connectivity index (χ4v) is 3.26. The van der Waals surface area contributed by atoms with Gasteiger partial charge in [-0.15, -0.1) is 0 Å². The van der Waals surface area contributed by atoms with Gasteiger partial charge < -0.3 is 14.8 Å². The van der Waals surface area contributed by atoms with Gasteiger partial charge in [-0.2, -0.15) is 0 Å². The minimum Gasteiger partial charge on any atom is -0.497 e. The number of aryl methyl sites for hydroxylation is 2. The Labute approximate surface area is 136 Å². The summed E-state index contributed by atoms with van der Waals surface area (Å²) in [6.07, 6.45) is 0.585. The van der Waals surface area contributed by atoms with Crippen molar-refractivity contribution in [2.45, 2.75) is 26.2 Å². The molecule has 2 aromatic rings. The molecular weight excluding hydrogens is 290 g/mol. The minimum atomic E-state index is -0.204. The number of amides is 1. The van der Waals surface area contributed by atoms with Gasteiger partial charge in [-0.25, -0.2) is 0 Å². The van der Waals surface area contributed by atoms with E-state index >= 15 is 0 Å². The largest absolute Gasteiger partial charge is 0.497 e. The molecule has 1 aliphatic rings.